The number of hydrogen-bond donors (Lipinski definition) is 0. The van der Waals surface area contributed by atoms with E-state index in [0.29, 0.717) is 0 Å². The van der Waals surface area contributed by atoms with Gasteiger partial charge in [0.15, 0.2) is 0 Å². The summed E-state index contributed by atoms with van der Waals surface area (Å²) in [7, 11) is 0. The molecule has 4 rings (SSSR count). The van der Waals surface area contributed by atoms with Crippen LogP contribution in [0.4, 0.5) is 0 Å². The third-order valence-corrected chi connectivity index (χ3v) is 4.98. The fourth-order valence-electron chi connectivity index (χ4n) is 3.60. The summed E-state index contributed by atoms with van der Waals surface area (Å²) in [5.41, 5.74) is 8.02. The lowest BCUT2D eigenvalue weighted by molar-refractivity contribution is 1.09. The van der Waals surface area contributed by atoms with Gasteiger partial charge in [-0.3, -0.25) is 0 Å². The maximum absolute atomic E-state index is 2.45. The second-order valence-electron chi connectivity index (χ2n) is 6.24. The molecule has 0 radical (unpaired) electrons. The maximum Gasteiger partial charge on any atom is 0.0573 e. The van der Waals surface area contributed by atoms with Gasteiger partial charge in [0.2, 0.25) is 0 Å². The number of para-hydroxylation sites is 2. The molecular formula is C22H21N. The van der Waals surface area contributed by atoms with Crippen molar-refractivity contribution < 1.29 is 0 Å². The van der Waals surface area contributed by atoms with Crippen molar-refractivity contribution >= 4 is 21.8 Å². The highest BCUT2D eigenvalue weighted by molar-refractivity contribution is 6.10. The summed E-state index contributed by atoms with van der Waals surface area (Å²) in [6, 6.07) is 22.0. The highest BCUT2D eigenvalue weighted by atomic mass is 15.0. The van der Waals surface area contributed by atoms with E-state index in [1.54, 1.807) is 0 Å². The standard InChI is InChI=1S/C22H21N/c1-4-17-10-8-12-19-18-11-5-6-13-21(18)23(22(17)19)20-14-7-9-15(2)16(20)3/h5-14H,4H2,1-3H3. The van der Waals surface area contributed by atoms with Crippen LogP contribution in [0.25, 0.3) is 27.5 Å². The van der Waals surface area contributed by atoms with Gasteiger partial charge in [0.25, 0.3) is 0 Å². The Morgan fingerprint density at radius 1 is 0.783 bits per heavy atom. The Labute approximate surface area is 137 Å². The van der Waals surface area contributed by atoms with Gasteiger partial charge in [0, 0.05) is 16.5 Å². The van der Waals surface area contributed by atoms with Crippen molar-refractivity contribution in [3.8, 4) is 5.69 Å². The van der Waals surface area contributed by atoms with Crippen molar-refractivity contribution in [1.29, 1.82) is 0 Å². The van der Waals surface area contributed by atoms with Crippen molar-refractivity contribution in [2.24, 2.45) is 0 Å². The molecule has 114 valence electrons. The molecule has 0 amide bonds. The van der Waals surface area contributed by atoms with E-state index in [1.165, 1.54) is 44.2 Å². The van der Waals surface area contributed by atoms with Gasteiger partial charge in [-0.05, 0) is 49.1 Å². The first-order valence-corrected chi connectivity index (χ1v) is 8.30. The van der Waals surface area contributed by atoms with Crippen LogP contribution in [-0.2, 0) is 6.42 Å². The third-order valence-electron chi connectivity index (χ3n) is 4.98. The first-order valence-electron chi connectivity index (χ1n) is 8.30. The van der Waals surface area contributed by atoms with Gasteiger partial charge in [-0.15, -0.1) is 0 Å². The summed E-state index contributed by atoms with van der Waals surface area (Å²) in [6.45, 7) is 6.65. The summed E-state index contributed by atoms with van der Waals surface area (Å²) in [5, 5.41) is 2.68. The number of aryl methyl sites for hydroxylation is 2. The lowest BCUT2D eigenvalue weighted by Gasteiger charge is -2.14. The number of aromatic nitrogens is 1. The minimum Gasteiger partial charge on any atom is -0.309 e. The molecule has 0 fully saturated rings. The highest BCUT2D eigenvalue weighted by Crippen LogP contribution is 2.35. The molecule has 0 saturated heterocycles. The lowest BCUT2D eigenvalue weighted by atomic mass is 10.1. The normalized spacial score (nSPS) is 11.4. The van der Waals surface area contributed by atoms with Gasteiger partial charge < -0.3 is 4.57 Å². The van der Waals surface area contributed by atoms with Crippen LogP contribution < -0.4 is 0 Å². The van der Waals surface area contributed by atoms with Gasteiger partial charge in [-0.1, -0.05) is 55.5 Å². The van der Waals surface area contributed by atoms with Crippen molar-refractivity contribution in [2.75, 3.05) is 0 Å². The first-order chi connectivity index (χ1) is 11.2. The number of hydrogen-bond acceptors (Lipinski definition) is 0. The molecular weight excluding hydrogens is 278 g/mol. The monoisotopic (exact) mass is 299 g/mol. The number of fused-ring (bicyclic) bond motifs is 3. The molecule has 1 aromatic heterocycles. The van der Waals surface area contributed by atoms with Crippen LogP contribution in [0.15, 0.2) is 60.7 Å². The Kier molecular flexibility index (Phi) is 3.23. The molecule has 0 aliphatic carbocycles. The summed E-state index contributed by atoms with van der Waals surface area (Å²) >= 11 is 0. The highest BCUT2D eigenvalue weighted by Gasteiger charge is 2.15. The summed E-state index contributed by atoms with van der Waals surface area (Å²) in [4.78, 5) is 0. The molecule has 0 aliphatic rings. The van der Waals surface area contributed by atoms with Crippen LogP contribution >= 0.6 is 0 Å². The molecule has 23 heavy (non-hydrogen) atoms. The van der Waals surface area contributed by atoms with Crippen LogP contribution in [-0.4, -0.2) is 4.57 Å². The van der Waals surface area contributed by atoms with Crippen molar-refractivity contribution in [3.63, 3.8) is 0 Å². The predicted molar refractivity (Wildman–Crippen MR) is 99.6 cm³/mol. The minimum absolute atomic E-state index is 1.04. The molecule has 0 N–H and O–H groups in total. The van der Waals surface area contributed by atoms with Crippen molar-refractivity contribution in [1.82, 2.24) is 4.57 Å². The maximum atomic E-state index is 2.45. The smallest absolute Gasteiger partial charge is 0.0573 e. The first kappa shape index (κ1) is 14.1. The predicted octanol–water partition coefficient (Wildman–Crippen LogP) is 5.96. The van der Waals surface area contributed by atoms with Crippen LogP contribution in [0.2, 0.25) is 0 Å². The van der Waals surface area contributed by atoms with Crippen molar-refractivity contribution in [2.45, 2.75) is 27.2 Å². The second kappa shape index (κ2) is 5.27. The van der Waals surface area contributed by atoms with Crippen LogP contribution in [0.1, 0.15) is 23.6 Å². The Bertz CT molecular complexity index is 1020. The van der Waals surface area contributed by atoms with E-state index in [4.69, 9.17) is 0 Å². The Morgan fingerprint density at radius 3 is 2.35 bits per heavy atom. The summed E-state index contributed by atoms with van der Waals surface area (Å²) < 4.78 is 2.45. The van der Waals surface area contributed by atoms with Crippen LogP contribution in [0, 0.1) is 13.8 Å². The fraction of sp³-hybridized carbons (Fsp3) is 0.182. The molecule has 4 aromatic rings. The topological polar surface area (TPSA) is 4.93 Å². The zero-order valence-corrected chi connectivity index (χ0v) is 13.9. The van der Waals surface area contributed by atoms with Gasteiger partial charge in [-0.25, -0.2) is 0 Å². The van der Waals surface area contributed by atoms with Crippen LogP contribution in [0.5, 0.6) is 0 Å². The molecule has 0 spiro atoms. The summed E-state index contributed by atoms with van der Waals surface area (Å²) in [5.74, 6) is 0. The van der Waals surface area contributed by atoms with Crippen molar-refractivity contribution in [3.05, 3.63) is 77.4 Å². The average Bonchev–Trinajstić information content (AvgIpc) is 2.92. The molecule has 0 atom stereocenters. The molecule has 0 unspecified atom stereocenters. The quantitative estimate of drug-likeness (QED) is 0.430. The van der Waals surface area contributed by atoms with E-state index in [2.05, 4.69) is 86.0 Å². The molecule has 1 heterocycles. The zero-order chi connectivity index (χ0) is 16.0. The molecule has 1 nitrogen and oxygen atoms in total. The van der Waals surface area contributed by atoms with E-state index in [-0.39, 0.29) is 0 Å². The Balaban J connectivity index is 2.26. The number of rotatable bonds is 2. The van der Waals surface area contributed by atoms with Gasteiger partial charge in [-0.2, -0.15) is 0 Å². The van der Waals surface area contributed by atoms with E-state index < -0.39 is 0 Å². The van der Waals surface area contributed by atoms with E-state index in [9.17, 15) is 0 Å². The van der Waals surface area contributed by atoms with E-state index in [0.717, 1.165) is 6.42 Å². The fourth-order valence-corrected chi connectivity index (χ4v) is 3.60. The average molecular weight is 299 g/mol. The SMILES string of the molecule is CCc1cccc2c3ccccc3n(-c3cccc(C)c3C)c12. The molecule has 0 saturated carbocycles. The molecule has 3 aromatic carbocycles. The Morgan fingerprint density at radius 2 is 1.52 bits per heavy atom. The molecule has 0 bridgehead atoms. The van der Waals surface area contributed by atoms with E-state index in [1.807, 2.05) is 0 Å². The largest absolute Gasteiger partial charge is 0.309 e. The molecule has 1 heteroatoms. The zero-order valence-electron chi connectivity index (χ0n) is 13.9. The van der Waals surface area contributed by atoms with Crippen LogP contribution in [0.3, 0.4) is 0 Å². The Hall–Kier alpha value is -2.54. The van der Waals surface area contributed by atoms with E-state index >= 15 is 0 Å². The number of nitrogens with zero attached hydrogens (tertiary/aromatic N) is 1. The van der Waals surface area contributed by atoms with Gasteiger partial charge in [0.1, 0.15) is 0 Å². The second-order valence-corrected chi connectivity index (χ2v) is 6.24. The number of benzene rings is 3. The van der Waals surface area contributed by atoms with Gasteiger partial charge >= 0.3 is 0 Å². The minimum atomic E-state index is 1.04. The third kappa shape index (κ3) is 2.00. The summed E-state index contributed by atoms with van der Waals surface area (Å²) in [6.07, 6.45) is 1.04. The van der Waals surface area contributed by atoms with Gasteiger partial charge in [0.05, 0.1) is 11.0 Å². The molecule has 0 aliphatic heterocycles. The lowest BCUT2D eigenvalue weighted by Crippen LogP contribution is -2.00.